The lowest BCUT2D eigenvalue weighted by Crippen LogP contribution is -2.68. The van der Waals surface area contributed by atoms with Crippen LogP contribution in [-0.2, 0) is 33.6 Å². The van der Waals surface area contributed by atoms with Gasteiger partial charge in [0.2, 0.25) is 17.7 Å². The summed E-state index contributed by atoms with van der Waals surface area (Å²) in [5, 5.41) is 42.0. The molecule has 16 nitrogen and oxygen atoms in total. The monoisotopic (exact) mass is 531 g/mol. The number of carbonyl (C=O) groups is 7. The summed E-state index contributed by atoms with van der Waals surface area (Å²) in [4.78, 5) is 82.0. The van der Waals surface area contributed by atoms with Gasteiger partial charge >= 0.3 is 0 Å². The third kappa shape index (κ3) is 13.2. The summed E-state index contributed by atoms with van der Waals surface area (Å²) in [5.74, 6) is -7.66. The third-order valence-corrected chi connectivity index (χ3v) is 5.20. The Hall–Kier alpha value is -3.79. The minimum atomic E-state index is -1.62. The molecule has 0 aliphatic heterocycles. The molecule has 0 aliphatic carbocycles. The molecular formula is C21H35N6O10-. The Morgan fingerprint density at radius 2 is 1.19 bits per heavy atom. The Bertz CT molecular complexity index is 865. The second kappa shape index (κ2) is 16.1. The molecule has 0 aromatic rings. The number of carbonyl (C=O) groups excluding carboxylic acids is 7. The molecule has 0 aliphatic rings. The molecule has 37 heavy (non-hydrogen) atoms. The maximum atomic E-state index is 12.7. The molecule has 6 atom stereocenters. The second-order valence-electron chi connectivity index (χ2n) is 8.67. The van der Waals surface area contributed by atoms with E-state index in [4.69, 9.17) is 0 Å². The fourth-order valence-electron chi connectivity index (χ4n) is 2.84. The number of amides is 4. The lowest BCUT2D eigenvalue weighted by molar-refractivity contribution is -0.438. The molecule has 0 rings (SSSR count). The van der Waals surface area contributed by atoms with Gasteiger partial charge in [-0.25, -0.2) is 0 Å². The van der Waals surface area contributed by atoms with Crippen LogP contribution in [0.4, 0.5) is 0 Å². The van der Waals surface area contributed by atoms with Crippen LogP contribution in [0.15, 0.2) is 0 Å². The predicted molar refractivity (Wildman–Crippen MR) is 116 cm³/mol. The van der Waals surface area contributed by atoms with Crippen LogP contribution < -0.4 is 48.1 Å². The van der Waals surface area contributed by atoms with Crippen LogP contribution in [0.25, 0.3) is 0 Å². The molecule has 0 saturated heterocycles. The molecule has 0 aromatic carbocycles. The lowest BCUT2D eigenvalue weighted by Gasteiger charge is -2.24. The van der Waals surface area contributed by atoms with Gasteiger partial charge in [-0.15, -0.1) is 0 Å². The summed E-state index contributed by atoms with van der Waals surface area (Å²) in [6.07, 6.45) is -0.720. The van der Waals surface area contributed by atoms with Gasteiger partial charge in [-0.05, 0) is 40.0 Å². The first-order valence-electron chi connectivity index (χ1n) is 11.6. The number of quaternary nitrogens is 2. The number of hydrogen-bond acceptors (Lipinski definition) is 10. The molecule has 0 unspecified atom stereocenters. The van der Waals surface area contributed by atoms with Crippen molar-refractivity contribution >= 4 is 41.5 Å². The molecule has 4 amide bonds. The van der Waals surface area contributed by atoms with Crippen LogP contribution in [0, 0.1) is 0 Å². The van der Waals surface area contributed by atoms with Gasteiger partial charge in [0.1, 0.15) is 18.1 Å². The largest absolute Gasteiger partial charge is 0.548 e. The molecule has 0 spiro atoms. The highest BCUT2D eigenvalue weighted by Crippen LogP contribution is 2.06. The van der Waals surface area contributed by atoms with E-state index < -0.39 is 84.2 Å². The van der Waals surface area contributed by atoms with Gasteiger partial charge in [0.25, 0.3) is 5.91 Å². The SMILES string of the molecule is C[C@H]([NH3+])C(=O)N[C@H](CCC(=O)N[C@@H](CCC[C@@H]([NH3+])C(=O)[O-])C(=O)N[C@H](C)C(=O)N[C@H](C)C(=O)[O-])C(=O)[O-]. The van der Waals surface area contributed by atoms with E-state index in [0.717, 1.165) is 6.92 Å². The number of rotatable bonds is 17. The summed E-state index contributed by atoms with van der Waals surface area (Å²) in [5.41, 5.74) is 6.86. The average molecular weight is 532 g/mol. The second-order valence-corrected chi connectivity index (χ2v) is 8.67. The number of carboxylic acid groups (broad SMARTS) is 3. The smallest absolute Gasteiger partial charge is 0.278 e. The van der Waals surface area contributed by atoms with E-state index in [-0.39, 0.29) is 25.7 Å². The van der Waals surface area contributed by atoms with Gasteiger partial charge in [-0.1, -0.05) is 0 Å². The minimum Gasteiger partial charge on any atom is -0.548 e. The molecule has 0 aromatic heterocycles. The Morgan fingerprint density at radius 3 is 1.68 bits per heavy atom. The van der Waals surface area contributed by atoms with Crippen molar-refractivity contribution in [2.24, 2.45) is 0 Å². The Balaban J connectivity index is 5.27. The fourth-order valence-corrected chi connectivity index (χ4v) is 2.84. The number of hydrogen-bond donors (Lipinski definition) is 6. The maximum absolute atomic E-state index is 12.7. The van der Waals surface area contributed by atoms with Crippen molar-refractivity contribution in [3.63, 3.8) is 0 Å². The van der Waals surface area contributed by atoms with Crippen LogP contribution in [0.2, 0.25) is 0 Å². The van der Waals surface area contributed by atoms with Crippen molar-refractivity contribution in [2.75, 3.05) is 0 Å². The van der Waals surface area contributed by atoms with Crippen molar-refractivity contribution in [3.8, 4) is 0 Å². The minimum absolute atomic E-state index is 0.0170. The van der Waals surface area contributed by atoms with Crippen LogP contribution >= 0.6 is 0 Å². The first-order chi connectivity index (χ1) is 17.1. The summed E-state index contributed by atoms with van der Waals surface area (Å²) < 4.78 is 0. The topological polar surface area (TPSA) is 292 Å². The van der Waals surface area contributed by atoms with Crippen molar-refractivity contribution in [1.82, 2.24) is 21.3 Å². The molecule has 0 heterocycles. The highest BCUT2D eigenvalue weighted by atomic mass is 16.4. The maximum Gasteiger partial charge on any atom is 0.278 e. The Morgan fingerprint density at radius 1 is 0.622 bits per heavy atom. The summed E-state index contributed by atoms with van der Waals surface area (Å²) in [6, 6.07) is -7.11. The fraction of sp³-hybridized carbons (Fsp3) is 0.667. The van der Waals surface area contributed by atoms with Gasteiger partial charge in [0.15, 0.2) is 6.04 Å². The van der Waals surface area contributed by atoms with Crippen LogP contribution in [0.1, 0.15) is 52.9 Å². The zero-order valence-electron chi connectivity index (χ0n) is 21.0. The highest BCUT2D eigenvalue weighted by molar-refractivity contribution is 5.93. The van der Waals surface area contributed by atoms with Crippen LogP contribution in [-0.4, -0.2) is 77.8 Å². The normalized spacial score (nSPS) is 15.6. The Kier molecular flexibility index (Phi) is 14.4. The molecule has 16 heteroatoms. The number of nitrogens with one attached hydrogen (secondary N) is 4. The van der Waals surface area contributed by atoms with Crippen molar-refractivity contribution in [1.29, 1.82) is 0 Å². The van der Waals surface area contributed by atoms with Crippen molar-refractivity contribution in [3.05, 3.63) is 0 Å². The average Bonchev–Trinajstić information content (AvgIpc) is 2.79. The van der Waals surface area contributed by atoms with E-state index in [2.05, 4.69) is 32.7 Å². The van der Waals surface area contributed by atoms with E-state index in [1.54, 1.807) is 0 Å². The molecule has 10 N–H and O–H groups in total. The Labute approximate surface area is 212 Å². The van der Waals surface area contributed by atoms with E-state index in [1.807, 2.05) is 0 Å². The van der Waals surface area contributed by atoms with Crippen molar-refractivity contribution in [2.45, 2.75) is 89.1 Å². The van der Waals surface area contributed by atoms with Gasteiger partial charge < -0.3 is 62.4 Å². The first-order valence-corrected chi connectivity index (χ1v) is 11.6. The summed E-state index contributed by atoms with van der Waals surface area (Å²) >= 11 is 0. The highest BCUT2D eigenvalue weighted by Gasteiger charge is 2.26. The standard InChI is InChI=1S/C21H36N6O10/c1-9(22)16(29)27-14(21(36)37)7-8-15(28)26-13(6-4-5-12(23)20(34)35)18(31)24-10(2)17(30)25-11(3)19(32)33/h9-14H,4-8,22-23H2,1-3H3,(H,24,31)(H,25,30)(H,26,28)(H,27,29)(H,32,33)(H,34,35)(H,36,37)/p-1/t9-,10+,11+,12+,13-,14+/m0/s1. The third-order valence-electron chi connectivity index (χ3n) is 5.20. The predicted octanol–water partition coefficient (Wildman–Crippen LogP) is -8.59. The van der Waals surface area contributed by atoms with Gasteiger partial charge in [-0.2, -0.15) is 0 Å². The zero-order valence-corrected chi connectivity index (χ0v) is 21.0. The van der Waals surface area contributed by atoms with Gasteiger partial charge in [-0.3, -0.25) is 19.2 Å². The molecule has 0 bridgehead atoms. The van der Waals surface area contributed by atoms with E-state index in [1.165, 1.54) is 13.8 Å². The first kappa shape index (κ1) is 33.2. The van der Waals surface area contributed by atoms with E-state index in [9.17, 15) is 48.9 Å². The molecular weight excluding hydrogens is 496 g/mol. The van der Waals surface area contributed by atoms with Crippen LogP contribution in [0.5, 0.6) is 0 Å². The van der Waals surface area contributed by atoms with E-state index in [0.29, 0.717) is 0 Å². The molecule has 0 radical (unpaired) electrons. The lowest BCUT2D eigenvalue weighted by atomic mass is 10.0. The number of carboxylic acids is 3. The molecule has 0 fully saturated rings. The van der Waals surface area contributed by atoms with E-state index >= 15 is 0 Å². The molecule has 0 saturated carbocycles. The van der Waals surface area contributed by atoms with Crippen molar-refractivity contribution < 1.29 is 60.3 Å². The number of aliphatic carboxylic acids is 3. The van der Waals surface area contributed by atoms with Crippen LogP contribution in [0.3, 0.4) is 0 Å². The van der Waals surface area contributed by atoms with Gasteiger partial charge in [0, 0.05) is 12.8 Å². The van der Waals surface area contributed by atoms with Gasteiger partial charge in [0.05, 0.1) is 30.0 Å². The zero-order chi connectivity index (χ0) is 28.9. The molecule has 210 valence electrons. The summed E-state index contributed by atoms with van der Waals surface area (Å²) in [7, 11) is 0. The summed E-state index contributed by atoms with van der Waals surface area (Å²) in [6.45, 7) is 3.87. The quantitative estimate of drug-likeness (QED) is 0.103.